The molecule has 4 aromatic rings. The molecule has 0 spiro atoms. The van der Waals surface area contributed by atoms with Crippen molar-refractivity contribution < 1.29 is 14.7 Å². The van der Waals surface area contributed by atoms with E-state index < -0.39 is 0 Å². The van der Waals surface area contributed by atoms with Gasteiger partial charge < -0.3 is 15.7 Å². The van der Waals surface area contributed by atoms with Crippen molar-refractivity contribution in [3.05, 3.63) is 100 Å². The zero-order chi connectivity index (χ0) is 25.2. The van der Waals surface area contributed by atoms with Crippen LogP contribution in [0.25, 0.3) is 11.3 Å². The van der Waals surface area contributed by atoms with Gasteiger partial charge in [-0.15, -0.1) is 0 Å². The summed E-state index contributed by atoms with van der Waals surface area (Å²) in [6, 6.07) is 21.1. The molecule has 8 heteroatoms. The third kappa shape index (κ3) is 5.11. The highest BCUT2D eigenvalue weighted by Gasteiger charge is 2.30. The number of nitrogens with one attached hydrogen (secondary N) is 2. The molecule has 5 rings (SSSR count). The molecule has 7 nitrogen and oxygen atoms in total. The number of anilines is 1. The van der Waals surface area contributed by atoms with Crippen LogP contribution in [0.15, 0.2) is 72.8 Å². The highest BCUT2D eigenvalue weighted by atomic mass is 35.5. The van der Waals surface area contributed by atoms with E-state index in [0.717, 1.165) is 29.7 Å². The average molecular weight is 501 g/mol. The van der Waals surface area contributed by atoms with Crippen molar-refractivity contribution in [1.29, 1.82) is 0 Å². The number of carbonyl (C=O) groups excluding carboxylic acids is 2. The van der Waals surface area contributed by atoms with Gasteiger partial charge in [0.2, 0.25) is 0 Å². The van der Waals surface area contributed by atoms with E-state index in [1.54, 1.807) is 36.4 Å². The Bertz CT molecular complexity index is 1440. The third-order valence-electron chi connectivity index (χ3n) is 6.14. The van der Waals surface area contributed by atoms with E-state index in [-0.39, 0.29) is 23.6 Å². The van der Waals surface area contributed by atoms with Crippen molar-refractivity contribution in [1.82, 2.24) is 15.1 Å². The minimum Gasteiger partial charge on any atom is -0.507 e. The van der Waals surface area contributed by atoms with Gasteiger partial charge in [-0.1, -0.05) is 53.6 Å². The second-order valence-corrected chi connectivity index (χ2v) is 9.36. The number of aromatic hydroxyl groups is 1. The number of rotatable bonds is 6. The van der Waals surface area contributed by atoms with Crippen LogP contribution in [0.3, 0.4) is 0 Å². The number of carbonyl (C=O) groups is 2. The highest BCUT2D eigenvalue weighted by Crippen LogP contribution is 2.42. The molecule has 1 aromatic heterocycles. The van der Waals surface area contributed by atoms with Crippen LogP contribution in [0.4, 0.5) is 10.5 Å². The number of benzene rings is 3. The first kappa shape index (κ1) is 23.6. The summed E-state index contributed by atoms with van der Waals surface area (Å²) in [7, 11) is 0. The summed E-state index contributed by atoms with van der Waals surface area (Å²) in [5.74, 6) is -0.162. The van der Waals surface area contributed by atoms with E-state index in [0.29, 0.717) is 34.1 Å². The molecule has 2 amide bonds. The average Bonchev–Trinajstić information content (AvgIpc) is 3.62. The van der Waals surface area contributed by atoms with Crippen molar-refractivity contribution in [2.24, 2.45) is 0 Å². The standard InChI is InChI=1S/C28H25ClN4O3/c1-17-6-8-18(9-7-17)16-30-28(36)33-25(19-10-11-19)15-24(32-33)22-13-12-20(14-26(22)34)31-27(35)21-4-2-3-5-23(21)29/h2-9,12-15,19,34H,10-11,16H2,1H3,(H,30,36)(H,31,35). The summed E-state index contributed by atoms with van der Waals surface area (Å²) in [6.07, 6.45) is 1.99. The number of amides is 2. The second-order valence-electron chi connectivity index (χ2n) is 8.95. The summed E-state index contributed by atoms with van der Waals surface area (Å²) in [4.78, 5) is 25.5. The molecule has 1 fully saturated rings. The van der Waals surface area contributed by atoms with Crippen LogP contribution >= 0.6 is 11.6 Å². The Morgan fingerprint density at radius 2 is 1.81 bits per heavy atom. The molecule has 3 aromatic carbocycles. The zero-order valence-corrected chi connectivity index (χ0v) is 20.4. The number of aryl methyl sites for hydroxylation is 1. The van der Waals surface area contributed by atoms with Gasteiger partial charge in [0.25, 0.3) is 5.91 Å². The number of phenols is 1. The van der Waals surface area contributed by atoms with Crippen molar-refractivity contribution in [2.45, 2.75) is 32.2 Å². The lowest BCUT2D eigenvalue weighted by Gasteiger charge is -2.09. The number of aromatic nitrogens is 2. The van der Waals surface area contributed by atoms with Gasteiger partial charge in [0.15, 0.2) is 0 Å². The van der Waals surface area contributed by atoms with Crippen molar-refractivity contribution in [2.75, 3.05) is 5.32 Å². The maximum absolute atomic E-state index is 13.0. The lowest BCUT2D eigenvalue weighted by Crippen LogP contribution is -2.30. The Morgan fingerprint density at radius 1 is 1.06 bits per heavy atom. The van der Waals surface area contributed by atoms with E-state index >= 15 is 0 Å². The van der Waals surface area contributed by atoms with Crippen molar-refractivity contribution in [3.63, 3.8) is 0 Å². The van der Waals surface area contributed by atoms with Crippen LogP contribution in [-0.2, 0) is 6.54 Å². The van der Waals surface area contributed by atoms with Gasteiger partial charge in [0.05, 0.1) is 22.0 Å². The topological polar surface area (TPSA) is 96.3 Å². The van der Waals surface area contributed by atoms with Crippen LogP contribution in [0.5, 0.6) is 5.75 Å². The summed E-state index contributed by atoms with van der Waals surface area (Å²) in [5, 5.41) is 21.3. The molecule has 1 saturated carbocycles. The lowest BCUT2D eigenvalue weighted by molar-refractivity contribution is 0.102. The predicted molar refractivity (Wildman–Crippen MR) is 140 cm³/mol. The van der Waals surface area contributed by atoms with Crippen LogP contribution in [-0.4, -0.2) is 26.8 Å². The Hall–Kier alpha value is -4.10. The van der Waals surface area contributed by atoms with Crippen molar-refractivity contribution in [3.8, 4) is 17.0 Å². The van der Waals surface area contributed by atoms with Crippen molar-refractivity contribution >= 4 is 29.2 Å². The summed E-state index contributed by atoms with van der Waals surface area (Å²) >= 11 is 6.11. The molecule has 1 aliphatic carbocycles. The van der Waals surface area contributed by atoms with Gasteiger partial charge in [-0.25, -0.2) is 4.79 Å². The van der Waals surface area contributed by atoms with Crippen LogP contribution in [0, 0.1) is 6.92 Å². The summed E-state index contributed by atoms with van der Waals surface area (Å²) < 4.78 is 1.40. The normalized spacial score (nSPS) is 12.8. The fraction of sp³-hybridized carbons (Fsp3) is 0.179. The van der Waals surface area contributed by atoms with Crippen LogP contribution < -0.4 is 10.6 Å². The van der Waals surface area contributed by atoms with Gasteiger partial charge in [-0.3, -0.25) is 4.79 Å². The number of nitrogens with zero attached hydrogens (tertiary/aromatic N) is 2. The molecule has 0 saturated heterocycles. The van der Waals surface area contributed by atoms with E-state index in [1.165, 1.54) is 10.7 Å². The number of hydrogen-bond donors (Lipinski definition) is 3. The quantitative estimate of drug-likeness (QED) is 0.298. The Kier molecular flexibility index (Phi) is 6.48. The molecule has 0 radical (unpaired) electrons. The zero-order valence-electron chi connectivity index (χ0n) is 19.7. The summed E-state index contributed by atoms with van der Waals surface area (Å²) in [5.41, 5.74) is 4.70. The first-order valence-corrected chi connectivity index (χ1v) is 12.1. The molecule has 0 aliphatic heterocycles. The van der Waals surface area contributed by atoms with E-state index in [1.807, 2.05) is 37.3 Å². The molecule has 1 heterocycles. The first-order chi connectivity index (χ1) is 17.4. The summed E-state index contributed by atoms with van der Waals surface area (Å²) in [6.45, 7) is 2.41. The van der Waals surface area contributed by atoms with E-state index in [9.17, 15) is 14.7 Å². The fourth-order valence-electron chi connectivity index (χ4n) is 3.99. The minimum atomic E-state index is -0.377. The molecule has 182 valence electrons. The maximum Gasteiger partial charge on any atom is 0.342 e. The lowest BCUT2D eigenvalue weighted by atomic mass is 10.1. The van der Waals surface area contributed by atoms with Gasteiger partial charge in [0, 0.05) is 29.8 Å². The largest absolute Gasteiger partial charge is 0.507 e. The highest BCUT2D eigenvalue weighted by molar-refractivity contribution is 6.34. The molecule has 0 unspecified atom stereocenters. The van der Waals surface area contributed by atoms with Crippen LogP contribution in [0.2, 0.25) is 5.02 Å². The Balaban J connectivity index is 1.34. The number of hydrogen-bond acceptors (Lipinski definition) is 4. The van der Waals surface area contributed by atoms with E-state index in [4.69, 9.17) is 11.6 Å². The number of phenolic OH excluding ortho intramolecular Hbond substituents is 1. The maximum atomic E-state index is 13.0. The molecule has 3 N–H and O–H groups in total. The monoisotopic (exact) mass is 500 g/mol. The van der Waals surface area contributed by atoms with Gasteiger partial charge in [-0.05, 0) is 55.7 Å². The van der Waals surface area contributed by atoms with Gasteiger partial charge >= 0.3 is 6.03 Å². The third-order valence-corrected chi connectivity index (χ3v) is 6.47. The molecule has 1 aliphatic rings. The predicted octanol–water partition coefficient (Wildman–Crippen LogP) is 6.11. The van der Waals surface area contributed by atoms with Gasteiger partial charge in [-0.2, -0.15) is 9.78 Å². The SMILES string of the molecule is Cc1ccc(CNC(=O)n2nc(-c3ccc(NC(=O)c4ccccc4Cl)cc3O)cc2C2CC2)cc1. The molecule has 36 heavy (non-hydrogen) atoms. The Labute approximate surface area is 213 Å². The smallest absolute Gasteiger partial charge is 0.342 e. The second kappa shape index (κ2) is 9.87. The van der Waals surface area contributed by atoms with Crippen LogP contribution in [0.1, 0.15) is 45.9 Å². The first-order valence-electron chi connectivity index (χ1n) is 11.7. The van der Waals surface area contributed by atoms with Gasteiger partial charge in [0.1, 0.15) is 5.75 Å². The Morgan fingerprint density at radius 3 is 2.50 bits per heavy atom. The fourth-order valence-corrected chi connectivity index (χ4v) is 4.21. The molecular weight excluding hydrogens is 476 g/mol. The molecule has 0 bridgehead atoms. The number of halogens is 1. The molecular formula is C28H25ClN4O3. The van der Waals surface area contributed by atoms with E-state index in [2.05, 4.69) is 15.7 Å². The minimum absolute atomic E-state index is 0.0565. The molecule has 0 atom stereocenters.